The molecule has 0 aliphatic heterocycles. The Morgan fingerprint density at radius 1 is 1.69 bits per heavy atom. The van der Waals surface area contributed by atoms with Crippen molar-refractivity contribution in [1.29, 1.82) is 0 Å². The summed E-state index contributed by atoms with van der Waals surface area (Å²) in [7, 11) is 0. The quantitative estimate of drug-likeness (QED) is 0.547. The second-order valence-corrected chi connectivity index (χ2v) is 3.75. The summed E-state index contributed by atoms with van der Waals surface area (Å²) in [6, 6.07) is -0.114. The molecule has 1 fully saturated rings. The lowest BCUT2D eigenvalue weighted by Gasteiger charge is -2.18. The molecule has 1 aliphatic carbocycles. The molecule has 0 radical (unpaired) electrons. The van der Waals surface area contributed by atoms with Gasteiger partial charge in [-0.15, -0.1) is 0 Å². The number of hydrogen-bond acceptors (Lipinski definition) is 3. The molecular formula is C9H18N2O2. The van der Waals surface area contributed by atoms with E-state index in [1.54, 1.807) is 0 Å². The topological polar surface area (TPSA) is 75.3 Å². The van der Waals surface area contributed by atoms with Crippen LogP contribution in [-0.4, -0.2) is 30.2 Å². The fraction of sp³-hybridized carbons (Fsp3) is 0.889. The van der Waals surface area contributed by atoms with Crippen molar-refractivity contribution in [2.45, 2.75) is 32.2 Å². The Balaban J connectivity index is 2.40. The van der Waals surface area contributed by atoms with Crippen LogP contribution in [-0.2, 0) is 4.79 Å². The van der Waals surface area contributed by atoms with Gasteiger partial charge in [-0.2, -0.15) is 0 Å². The van der Waals surface area contributed by atoms with Crippen molar-refractivity contribution in [1.82, 2.24) is 5.32 Å². The molecule has 1 amide bonds. The summed E-state index contributed by atoms with van der Waals surface area (Å²) in [6.45, 7) is 2.35. The molecule has 76 valence electrons. The third kappa shape index (κ3) is 2.19. The lowest BCUT2D eigenvalue weighted by atomic mass is 10.1. The van der Waals surface area contributed by atoms with E-state index in [2.05, 4.69) is 5.32 Å². The largest absolute Gasteiger partial charge is 0.394 e. The zero-order chi connectivity index (χ0) is 9.90. The zero-order valence-electron chi connectivity index (χ0n) is 8.05. The maximum Gasteiger partial charge on any atom is 0.227 e. The van der Waals surface area contributed by atoms with Gasteiger partial charge in [0.1, 0.15) is 0 Å². The SMILES string of the molecule is CC[C@@H](CO)NC(=O)C1(CN)CC1. The van der Waals surface area contributed by atoms with Crippen molar-refractivity contribution in [3.05, 3.63) is 0 Å². The summed E-state index contributed by atoms with van der Waals surface area (Å²) in [4.78, 5) is 11.6. The molecule has 4 N–H and O–H groups in total. The van der Waals surface area contributed by atoms with E-state index in [0.717, 1.165) is 19.3 Å². The number of amides is 1. The predicted molar refractivity (Wildman–Crippen MR) is 50.0 cm³/mol. The van der Waals surface area contributed by atoms with Crippen LogP contribution in [0.3, 0.4) is 0 Å². The number of nitrogens with two attached hydrogens (primary N) is 1. The van der Waals surface area contributed by atoms with Gasteiger partial charge in [-0.1, -0.05) is 6.92 Å². The highest BCUT2D eigenvalue weighted by Crippen LogP contribution is 2.44. The number of rotatable bonds is 5. The van der Waals surface area contributed by atoms with Crippen LogP contribution in [0.5, 0.6) is 0 Å². The molecule has 0 aromatic heterocycles. The van der Waals surface area contributed by atoms with Crippen LogP contribution in [0, 0.1) is 5.41 Å². The normalized spacial score (nSPS) is 20.8. The molecule has 1 saturated carbocycles. The van der Waals surface area contributed by atoms with Gasteiger partial charge in [0.2, 0.25) is 5.91 Å². The fourth-order valence-electron chi connectivity index (χ4n) is 1.29. The van der Waals surface area contributed by atoms with Crippen LogP contribution in [0.2, 0.25) is 0 Å². The van der Waals surface area contributed by atoms with Gasteiger partial charge < -0.3 is 16.2 Å². The van der Waals surface area contributed by atoms with E-state index >= 15 is 0 Å². The average molecular weight is 186 g/mol. The third-order valence-electron chi connectivity index (χ3n) is 2.77. The minimum absolute atomic E-state index is 0.00287. The van der Waals surface area contributed by atoms with Gasteiger partial charge >= 0.3 is 0 Å². The van der Waals surface area contributed by atoms with Gasteiger partial charge in [-0.25, -0.2) is 0 Å². The Labute approximate surface area is 78.5 Å². The molecule has 0 saturated heterocycles. The van der Waals surface area contributed by atoms with E-state index < -0.39 is 0 Å². The van der Waals surface area contributed by atoms with E-state index in [1.165, 1.54) is 0 Å². The molecular weight excluding hydrogens is 168 g/mol. The summed E-state index contributed by atoms with van der Waals surface area (Å²) in [5.41, 5.74) is 5.20. The molecule has 1 atom stereocenters. The molecule has 0 aromatic rings. The first-order chi connectivity index (χ1) is 6.18. The summed E-state index contributed by atoms with van der Waals surface area (Å²) in [5.74, 6) is 0.0101. The van der Waals surface area contributed by atoms with Gasteiger partial charge in [-0.05, 0) is 19.3 Å². The Morgan fingerprint density at radius 2 is 2.31 bits per heavy atom. The van der Waals surface area contributed by atoms with Crippen molar-refractivity contribution in [3.8, 4) is 0 Å². The first-order valence-corrected chi connectivity index (χ1v) is 4.80. The molecule has 0 heterocycles. The maximum absolute atomic E-state index is 11.6. The second kappa shape index (κ2) is 4.07. The number of carbonyl (C=O) groups is 1. The van der Waals surface area contributed by atoms with Gasteiger partial charge in [0.05, 0.1) is 18.1 Å². The van der Waals surface area contributed by atoms with Crippen molar-refractivity contribution < 1.29 is 9.90 Å². The van der Waals surface area contributed by atoms with Crippen molar-refractivity contribution in [3.63, 3.8) is 0 Å². The third-order valence-corrected chi connectivity index (χ3v) is 2.77. The first kappa shape index (κ1) is 10.5. The highest BCUT2D eigenvalue weighted by atomic mass is 16.3. The van der Waals surface area contributed by atoms with E-state index in [-0.39, 0.29) is 24.0 Å². The lowest BCUT2D eigenvalue weighted by molar-refractivity contribution is -0.127. The van der Waals surface area contributed by atoms with Crippen LogP contribution < -0.4 is 11.1 Å². The first-order valence-electron chi connectivity index (χ1n) is 4.80. The molecule has 0 bridgehead atoms. The Hall–Kier alpha value is -0.610. The molecule has 1 aliphatic rings. The number of carbonyl (C=O) groups excluding carboxylic acids is 1. The predicted octanol–water partition coefficient (Wildman–Crippen LogP) is -0.388. The summed E-state index contributed by atoms with van der Waals surface area (Å²) >= 11 is 0. The van der Waals surface area contributed by atoms with Gasteiger partial charge in [0, 0.05) is 6.54 Å². The minimum atomic E-state index is -0.303. The molecule has 13 heavy (non-hydrogen) atoms. The van der Waals surface area contributed by atoms with Crippen LogP contribution in [0.25, 0.3) is 0 Å². The van der Waals surface area contributed by atoms with Gasteiger partial charge in [0.25, 0.3) is 0 Å². The lowest BCUT2D eigenvalue weighted by Crippen LogP contribution is -2.43. The summed E-state index contributed by atoms with van der Waals surface area (Å²) < 4.78 is 0. The van der Waals surface area contributed by atoms with E-state index in [1.807, 2.05) is 6.92 Å². The second-order valence-electron chi connectivity index (χ2n) is 3.75. The molecule has 0 unspecified atom stereocenters. The summed E-state index contributed by atoms with van der Waals surface area (Å²) in [6.07, 6.45) is 2.53. The Morgan fingerprint density at radius 3 is 2.62 bits per heavy atom. The number of hydrogen-bond donors (Lipinski definition) is 3. The van der Waals surface area contributed by atoms with Crippen LogP contribution >= 0.6 is 0 Å². The zero-order valence-corrected chi connectivity index (χ0v) is 8.05. The molecule has 0 aromatic carbocycles. The molecule has 0 spiro atoms. The van der Waals surface area contributed by atoms with Crippen LogP contribution in [0.15, 0.2) is 0 Å². The van der Waals surface area contributed by atoms with E-state index in [4.69, 9.17) is 10.8 Å². The minimum Gasteiger partial charge on any atom is -0.394 e. The summed E-state index contributed by atoms with van der Waals surface area (Å²) in [5, 5.41) is 11.7. The fourth-order valence-corrected chi connectivity index (χ4v) is 1.29. The van der Waals surface area contributed by atoms with Crippen molar-refractivity contribution in [2.24, 2.45) is 11.1 Å². The van der Waals surface area contributed by atoms with Crippen molar-refractivity contribution in [2.75, 3.05) is 13.2 Å². The van der Waals surface area contributed by atoms with Gasteiger partial charge in [-0.3, -0.25) is 4.79 Å². The highest BCUT2D eigenvalue weighted by Gasteiger charge is 2.48. The van der Waals surface area contributed by atoms with E-state index in [9.17, 15) is 4.79 Å². The van der Waals surface area contributed by atoms with Gasteiger partial charge in [0.15, 0.2) is 0 Å². The number of nitrogens with one attached hydrogen (secondary N) is 1. The molecule has 1 rings (SSSR count). The molecule has 4 nitrogen and oxygen atoms in total. The average Bonchev–Trinajstić information content (AvgIpc) is 2.94. The smallest absolute Gasteiger partial charge is 0.227 e. The Bertz CT molecular complexity index is 186. The van der Waals surface area contributed by atoms with Crippen LogP contribution in [0.1, 0.15) is 26.2 Å². The monoisotopic (exact) mass is 186 g/mol. The maximum atomic E-state index is 11.6. The Kier molecular flexibility index (Phi) is 3.27. The molecule has 4 heteroatoms. The number of aliphatic hydroxyl groups is 1. The number of aliphatic hydroxyl groups excluding tert-OH is 1. The van der Waals surface area contributed by atoms with Crippen LogP contribution in [0.4, 0.5) is 0 Å². The highest BCUT2D eigenvalue weighted by molar-refractivity contribution is 5.85. The van der Waals surface area contributed by atoms with Crippen molar-refractivity contribution >= 4 is 5.91 Å². The van der Waals surface area contributed by atoms with E-state index in [0.29, 0.717) is 6.54 Å². The standard InChI is InChI=1S/C9H18N2O2/c1-2-7(5-12)11-8(13)9(6-10)3-4-9/h7,12H,2-6,10H2,1H3,(H,11,13)/t7-/m0/s1.